The topological polar surface area (TPSA) is 50.7 Å². The van der Waals surface area contributed by atoms with Crippen molar-refractivity contribution in [2.45, 2.75) is 48.5 Å². The van der Waals surface area contributed by atoms with E-state index in [1.54, 1.807) is 0 Å². The van der Waals surface area contributed by atoms with Gasteiger partial charge >= 0.3 is 0 Å². The molecule has 0 aliphatic carbocycles. The molecule has 0 aliphatic heterocycles. The van der Waals surface area contributed by atoms with Crippen molar-refractivity contribution < 1.29 is 0 Å². The highest BCUT2D eigenvalue weighted by Crippen LogP contribution is 2.26. The minimum Gasteiger partial charge on any atom is -0.383 e. The number of hydrogen-bond acceptors (Lipinski definition) is 1. The summed E-state index contributed by atoms with van der Waals surface area (Å²) in [6.45, 7) is 14.4. The number of hydrogen-bond donors (Lipinski definition) is 1. The quantitative estimate of drug-likeness (QED) is 0.385. The van der Waals surface area contributed by atoms with Crippen molar-refractivity contribution in [2.24, 2.45) is 15.7 Å². The van der Waals surface area contributed by atoms with Gasteiger partial charge in [0.05, 0.1) is 5.69 Å². The van der Waals surface area contributed by atoms with Crippen molar-refractivity contribution >= 4 is 17.4 Å². The van der Waals surface area contributed by atoms with Gasteiger partial charge in [-0.3, -0.25) is 0 Å². The monoisotopic (exact) mass is 399 g/mol. The standard InChI is InChI=1S/C25H27N3.C2H6/c1-16-11-17(2)15-22(14-16)24(26)28-25(21-9-7-6-8-10-21)27-23-19(4)12-18(3)13-20(23)5;1-2/h6-15H,1-5H3,(H2,26,27,28);1-2H3. The third-order valence-corrected chi connectivity index (χ3v) is 4.63. The summed E-state index contributed by atoms with van der Waals surface area (Å²) in [6, 6.07) is 20.5. The first kappa shape index (κ1) is 23.1. The first-order chi connectivity index (χ1) is 14.3. The molecule has 2 N–H and O–H groups in total. The average Bonchev–Trinajstić information content (AvgIpc) is 2.71. The molecule has 0 saturated carbocycles. The van der Waals surface area contributed by atoms with E-state index in [9.17, 15) is 0 Å². The summed E-state index contributed by atoms with van der Waals surface area (Å²) in [5.74, 6) is 1.09. The summed E-state index contributed by atoms with van der Waals surface area (Å²) in [5.41, 5.74) is 15.0. The van der Waals surface area contributed by atoms with Gasteiger partial charge in [-0.15, -0.1) is 0 Å². The Hall–Kier alpha value is -3.20. The summed E-state index contributed by atoms with van der Waals surface area (Å²) in [7, 11) is 0. The summed E-state index contributed by atoms with van der Waals surface area (Å²) in [4.78, 5) is 9.67. The number of benzene rings is 3. The first-order valence-electron chi connectivity index (χ1n) is 10.5. The Labute approximate surface area is 181 Å². The van der Waals surface area contributed by atoms with Gasteiger partial charge in [-0.05, 0) is 57.9 Å². The van der Waals surface area contributed by atoms with Crippen molar-refractivity contribution in [3.05, 3.63) is 99.6 Å². The number of aliphatic imine (C=N–C) groups is 2. The second-order valence-electron chi connectivity index (χ2n) is 7.42. The van der Waals surface area contributed by atoms with Crippen molar-refractivity contribution in [1.29, 1.82) is 0 Å². The highest BCUT2D eigenvalue weighted by atomic mass is 15.0. The molecule has 3 heteroatoms. The fourth-order valence-corrected chi connectivity index (χ4v) is 3.50. The van der Waals surface area contributed by atoms with Crippen molar-refractivity contribution in [2.75, 3.05) is 0 Å². The van der Waals surface area contributed by atoms with Gasteiger partial charge in [0.2, 0.25) is 0 Å². The number of aryl methyl sites for hydroxylation is 5. The number of nitrogens with two attached hydrogens (primary N) is 1. The molecular formula is C27H33N3. The molecule has 0 unspecified atom stereocenters. The third kappa shape index (κ3) is 5.90. The number of amidine groups is 2. The lowest BCUT2D eigenvalue weighted by Crippen LogP contribution is -2.16. The SMILES string of the molecule is CC.Cc1cc(C)cc(C(N)=NC(=Nc2c(C)cc(C)cc2C)c2ccccc2)c1. The highest BCUT2D eigenvalue weighted by Gasteiger charge is 2.09. The summed E-state index contributed by atoms with van der Waals surface area (Å²) >= 11 is 0. The zero-order chi connectivity index (χ0) is 22.3. The summed E-state index contributed by atoms with van der Waals surface area (Å²) in [6.07, 6.45) is 0. The molecule has 3 rings (SSSR count). The maximum atomic E-state index is 6.39. The molecule has 0 amide bonds. The van der Waals surface area contributed by atoms with Crippen molar-refractivity contribution in [3.63, 3.8) is 0 Å². The van der Waals surface area contributed by atoms with Crippen LogP contribution in [0.1, 0.15) is 52.8 Å². The second-order valence-corrected chi connectivity index (χ2v) is 7.42. The van der Waals surface area contributed by atoms with Crippen LogP contribution < -0.4 is 5.73 Å². The molecule has 0 fully saturated rings. The first-order valence-corrected chi connectivity index (χ1v) is 10.5. The predicted molar refractivity (Wildman–Crippen MR) is 131 cm³/mol. The zero-order valence-electron chi connectivity index (χ0n) is 19.2. The van der Waals surface area contributed by atoms with Crippen molar-refractivity contribution in [1.82, 2.24) is 0 Å². The van der Waals surface area contributed by atoms with Crippen LogP contribution in [-0.4, -0.2) is 11.7 Å². The molecule has 0 aromatic heterocycles. The van der Waals surface area contributed by atoms with E-state index < -0.39 is 0 Å². The Morgan fingerprint density at radius 2 is 1.17 bits per heavy atom. The molecule has 0 aliphatic rings. The normalized spacial score (nSPS) is 11.7. The maximum Gasteiger partial charge on any atom is 0.162 e. The Morgan fingerprint density at radius 1 is 0.667 bits per heavy atom. The van der Waals surface area contributed by atoms with Crippen LogP contribution in [0.3, 0.4) is 0 Å². The molecule has 3 nitrogen and oxygen atoms in total. The van der Waals surface area contributed by atoms with Gasteiger partial charge in [0.25, 0.3) is 0 Å². The Bertz CT molecular complexity index is 1020. The van der Waals surface area contributed by atoms with E-state index in [0.29, 0.717) is 11.7 Å². The predicted octanol–water partition coefficient (Wildman–Crippen LogP) is 6.74. The molecule has 0 atom stereocenters. The molecule has 3 aromatic carbocycles. The second kappa shape index (κ2) is 10.5. The summed E-state index contributed by atoms with van der Waals surface area (Å²) in [5, 5.41) is 0. The molecule has 0 bridgehead atoms. The molecule has 0 spiro atoms. The van der Waals surface area contributed by atoms with Crippen LogP contribution >= 0.6 is 0 Å². The lowest BCUT2D eigenvalue weighted by Gasteiger charge is -2.10. The van der Waals surface area contributed by atoms with Gasteiger partial charge in [0.1, 0.15) is 5.84 Å². The minimum absolute atomic E-state index is 0.469. The van der Waals surface area contributed by atoms with Crippen LogP contribution in [0, 0.1) is 34.6 Å². The van der Waals surface area contributed by atoms with Gasteiger partial charge in [-0.25, -0.2) is 9.98 Å². The van der Waals surface area contributed by atoms with Gasteiger partial charge < -0.3 is 5.73 Å². The van der Waals surface area contributed by atoms with E-state index in [0.717, 1.165) is 39.1 Å². The number of rotatable bonds is 3. The molecule has 0 radical (unpaired) electrons. The van der Waals surface area contributed by atoms with Crippen LogP contribution in [-0.2, 0) is 0 Å². The third-order valence-electron chi connectivity index (χ3n) is 4.63. The lowest BCUT2D eigenvalue weighted by molar-refractivity contribution is 1.28. The molecule has 30 heavy (non-hydrogen) atoms. The van der Waals surface area contributed by atoms with Crippen LogP contribution in [0.2, 0.25) is 0 Å². The van der Waals surface area contributed by atoms with E-state index in [2.05, 4.69) is 65.0 Å². The average molecular weight is 400 g/mol. The molecule has 156 valence electrons. The maximum absolute atomic E-state index is 6.39. The number of nitrogens with zero attached hydrogens (tertiary/aromatic N) is 2. The van der Waals surface area contributed by atoms with Crippen LogP contribution in [0.25, 0.3) is 0 Å². The Kier molecular flexibility index (Phi) is 8.11. The minimum atomic E-state index is 0.469. The Morgan fingerprint density at radius 3 is 1.70 bits per heavy atom. The van der Waals surface area contributed by atoms with Crippen LogP contribution in [0.5, 0.6) is 0 Å². The Balaban J connectivity index is 0.00000155. The van der Waals surface area contributed by atoms with Gasteiger partial charge in [-0.2, -0.15) is 0 Å². The molecular weight excluding hydrogens is 366 g/mol. The highest BCUT2D eigenvalue weighted by molar-refractivity contribution is 6.11. The smallest absolute Gasteiger partial charge is 0.162 e. The fourth-order valence-electron chi connectivity index (χ4n) is 3.50. The van der Waals surface area contributed by atoms with Crippen molar-refractivity contribution in [3.8, 4) is 0 Å². The zero-order valence-corrected chi connectivity index (χ0v) is 19.2. The van der Waals surface area contributed by atoms with E-state index >= 15 is 0 Å². The van der Waals surface area contributed by atoms with Crippen LogP contribution in [0.15, 0.2) is 70.6 Å². The van der Waals surface area contributed by atoms with Gasteiger partial charge in [0.15, 0.2) is 5.84 Å². The van der Waals surface area contributed by atoms with Gasteiger partial charge in [0, 0.05) is 11.1 Å². The summed E-state index contributed by atoms with van der Waals surface area (Å²) < 4.78 is 0. The van der Waals surface area contributed by atoms with Crippen LogP contribution in [0.4, 0.5) is 5.69 Å². The lowest BCUT2D eigenvalue weighted by atomic mass is 10.1. The fraction of sp³-hybridized carbons (Fsp3) is 0.259. The largest absolute Gasteiger partial charge is 0.383 e. The molecule has 3 aromatic rings. The molecule has 0 saturated heterocycles. The van der Waals surface area contributed by atoms with E-state index in [4.69, 9.17) is 15.7 Å². The van der Waals surface area contributed by atoms with E-state index in [1.807, 2.05) is 44.2 Å². The van der Waals surface area contributed by atoms with Gasteiger partial charge in [-0.1, -0.05) is 79.1 Å². The molecule has 0 heterocycles. The van der Waals surface area contributed by atoms with E-state index in [-0.39, 0.29) is 0 Å². The van der Waals surface area contributed by atoms with E-state index in [1.165, 1.54) is 5.56 Å².